The maximum absolute atomic E-state index is 13.0. The standard InChI is InChI=1S/C12H15F2NO/c13-10-4-9(5-11(14)6-10)7-15-3-1-2-12(15)8-16/h4-6,12,16H,1-3,7-8H2/t12-/m1/s1. The summed E-state index contributed by atoms with van der Waals surface area (Å²) in [5.74, 6) is -1.09. The molecule has 0 amide bonds. The fourth-order valence-electron chi connectivity index (χ4n) is 2.25. The van der Waals surface area contributed by atoms with Gasteiger partial charge in [0.2, 0.25) is 0 Å². The second kappa shape index (κ2) is 4.89. The molecule has 1 fully saturated rings. The van der Waals surface area contributed by atoms with Gasteiger partial charge in [-0.25, -0.2) is 8.78 Å². The molecule has 1 heterocycles. The lowest BCUT2D eigenvalue weighted by atomic mass is 10.2. The van der Waals surface area contributed by atoms with Crippen LogP contribution in [0.3, 0.4) is 0 Å². The second-order valence-corrected chi connectivity index (χ2v) is 4.23. The van der Waals surface area contributed by atoms with Gasteiger partial charge < -0.3 is 5.11 Å². The summed E-state index contributed by atoms with van der Waals surface area (Å²) in [7, 11) is 0. The topological polar surface area (TPSA) is 23.5 Å². The van der Waals surface area contributed by atoms with Crippen LogP contribution in [0.15, 0.2) is 18.2 Å². The Morgan fingerprint density at radius 2 is 1.94 bits per heavy atom. The van der Waals surface area contributed by atoms with Crippen molar-refractivity contribution in [3.63, 3.8) is 0 Å². The molecule has 0 bridgehead atoms. The SMILES string of the molecule is OC[C@H]1CCCN1Cc1cc(F)cc(F)c1. The zero-order valence-corrected chi connectivity index (χ0v) is 9.00. The maximum atomic E-state index is 13.0. The van der Waals surface area contributed by atoms with Gasteiger partial charge in [-0.15, -0.1) is 0 Å². The number of aliphatic hydroxyl groups excluding tert-OH is 1. The molecule has 0 saturated carbocycles. The molecule has 1 atom stereocenters. The Hall–Kier alpha value is -1.00. The number of hydrogen-bond acceptors (Lipinski definition) is 2. The van der Waals surface area contributed by atoms with Crippen LogP contribution in [-0.2, 0) is 6.54 Å². The van der Waals surface area contributed by atoms with Gasteiger partial charge in [0.25, 0.3) is 0 Å². The summed E-state index contributed by atoms with van der Waals surface area (Å²) in [6.45, 7) is 1.49. The third kappa shape index (κ3) is 2.57. The second-order valence-electron chi connectivity index (χ2n) is 4.23. The zero-order chi connectivity index (χ0) is 11.5. The number of aliphatic hydroxyl groups is 1. The summed E-state index contributed by atoms with van der Waals surface area (Å²) >= 11 is 0. The highest BCUT2D eigenvalue weighted by Gasteiger charge is 2.23. The van der Waals surface area contributed by atoms with E-state index in [0.29, 0.717) is 12.1 Å². The summed E-state index contributed by atoms with van der Waals surface area (Å²) in [4.78, 5) is 2.06. The van der Waals surface area contributed by atoms with Gasteiger partial charge in [0.1, 0.15) is 11.6 Å². The molecule has 1 aliphatic heterocycles. The van der Waals surface area contributed by atoms with Crippen LogP contribution in [0, 0.1) is 11.6 Å². The van der Waals surface area contributed by atoms with E-state index in [1.165, 1.54) is 12.1 Å². The summed E-state index contributed by atoms with van der Waals surface area (Å²) in [5, 5.41) is 9.13. The largest absolute Gasteiger partial charge is 0.395 e. The van der Waals surface area contributed by atoms with E-state index in [-0.39, 0.29) is 12.6 Å². The molecule has 88 valence electrons. The lowest BCUT2D eigenvalue weighted by molar-refractivity contribution is 0.153. The van der Waals surface area contributed by atoms with E-state index in [1.54, 1.807) is 0 Å². The van der Waals surface area contributed by atoms with E-state index < -0.39 is 11.6 Å². The van der Waals surface area contributed by atoms with Crippen molar-refractivity contribution in [1.29, 1.82) is 0 Å². The maximum Gasteiger partial charge on any atom is 0.126 e. The fourth-order valence-corrected chi connectivity index (χ4v) is 2.25. The molecule has 1 N–H and O–H groups in total. The fraction of sp³-hybridized carbons (Fsp3) is 0.500. The highest BCUT2D eigenvalue weighted by atomic mass is 19.1. The minimum Gasteiger partial charge on any atom is -0.395 e. The molecule has 1 aliphatic rings. The molecule has 0 aliphatic carbocycles. The Bertz CT molecular complexity index is 350. The first-order chi connectivity index (χ1) is 7.69. The van der Waals surface area contributed by atoms with Crippen molar-refractivity contribution in [2.45, 2.75) is 25.4 Å². The van der Waals surface area contributed by atoms with Crippen LogP contribution in [0.5, 0.6) is 0 Å². The minimum atomic E-state index is -0.547. The molecule has 0 unspecified atom stereocenters. The van der Waals surface area contributed by atoms with E-state index in [4.69, 9.17) is 5.11 Å². The number of nitrogens with zero attached hydrogens (tertiary/aromatic N) is 1. The Balaban J connectivity index is 2.08. The summed E-state index contributed by atoms with van der Waals surface area (Å²) in [6, 6.07) is 3.69. The molecule has 2 rings (SSSR count). The lowest BCUT2D eigenvalue weighted by Crippen LogP contribution is -2.31. The van der Waals surface area contributed by atoms with Crippen LogP contribution < -0.4 is 0 Å². The smallest absolute Gasteiger partial charge is 0.126 e. The predicted molar refractivity (Wildman–Crippen MR) is 56.9 cm³/mol. The van der Waals surface area contributed by atoms with Crippen LogP contribution >= 0.6 is 0 Å². The quantitative estimate of drug-likeness (QED) is 0.852. The van der Waals surface area contributed by atoms with E-state index in [0.717, 1.165) is 25.5 Å². The van der Waals surface area contributed by atoms with Crippen LogP contribution in [0.4, 0.5) is 8.78 Å². The van der Waals surface area contributed by atoms with Gasteiger partial charge in [-0.05, 0) is 37.1 Å². The molecule has 1 aromatic rings. The van der Waals surface area contributed by atoms with Crippen LogP contribution in [-0.4, -0.2) is 29.2 Å². The van der Waals surface area contributed by atoms with Crippen LogP contribution in [0.25, 0.3) is 0 Å². The van der Waals surface area contributed by atoms with Crippen molar-refractivity contribution >= 4 is 0 Å². The van der Waals surface area contributed by atoms with Crippen molar-refractivity contribution in [1.82, 2.24) is 4.90 Å². The summed E-state index contributed by atoms with van der Waals surface area (Å²) in [5.41, 5.74) is 0.623. The van der Waals surface area contributed by atoms with Gasteiger partial charge in [0.15, 0.2) is 0 Å². The average Bonchev–Trinajstić information content (AvgIpc) is 2.63. The monoisotopic (exact) mass is 227 g/mol. The van der Waals surface area contributed by atoms with Gasteiger partial charge >= 0.3 is 0 Å². The number of halogens is 2. The van der Waals surface area contributed by atoms with E-state index in [1.807, 2.05) is 0 Å². The molecule has 0 spiro atoms. The van der Waals surface area contributed by atoms with E-state index in [2.05, 4.69) is 4.90 Å². The first-order valence-corrected chi connectivity index (χ1v) is 5.49. The van der Waals surface area contributed by atoms with Crippen LogP contribution in [0.1, 0.15) is 18.4 Å². The summed E-state index contributed by atoms with van der Waals surface area (Å²) < 4.78 is 25.9. The molecular weight excluding hydrogens is 212 g/mol. The highest BCUT2D eigenvalue weighted by Crippen LogP contribution is 2.20. The third-order valence-corrected chi connectivity index (χ3v) is 3.02. The highest BCUT2D eigenvalue weighted by molar-refractivity contribution is 5.18. The average molecular weight is 227 g/mol. The molecular formula is C12H15F2NO. The minimum absolute atomic E-state index is 0.109. The Morgan fingerprint density at radius 1 is 1.25 bits per heavy atom. The predicted octanol–water partition coefficient (Wildman–Crippen LogP) is 1.92. The number of hydrogen-bond donors (Lipinski definition) is 1. The van der Waals surface area contributed by atoms with E-state index >= 15 is 0 Å². The third-order valence-electron chi connectivity index (χ3n) is 3.02. The van der Waals surface area contributed by atoms with Gasteiger partial charge in [0.05, 0.1) is 6.61 Å². The first-order valence-electron chi connectivity index (χ1n) is 5.49. The molecule has 1 saturated heterocycles. The Morgan fingerprint density at radius 3 is 2.56 bits per heavy atom. The molecule has 1 aromatic carbocycles. The van der Waals surface area contributed by atoms with Gasteiger partial charge in [-0.2, -0.15) is 0 Å². The Kier molecular flexibility index (Phi) is 3.51. The zero-order valence-electron chi connectivity index (χ0n) is 9.00. The normalized spacial score (nSPS) is 21.6. The molecule has 2 nitrogen and oxygen atoms in total. The van der Waals surface area contributed by atoms with Gasteiger partial charge in [-0.1, -0.05) is 0 Å². The number of rotatable bonds is 3. The van der Waals surface area contributed by atoms with Gasteiger partial charge in [-0.3, -0.25) is 4.90 Å². The Labute approximate surface area is 93.5 Å². The van der Waals surface area contributed by atoms with Crippen LogP contribution in [0.2, 0.25) is 0 Å². The molecule has 4 heteroatoms. The lowest BCUT2D eigenvalue weighted by Gasteiger charge is -2.22. The van der Waals surface area contributed by atoms with Gasteiger partial charge in [0, 0.05) is 18.7 Å². The number of likely N-dealkylation sites (tertiary alicyclic amines) is 1. The summed E-state index contributed by atoms with van der Waals surface area (Å²) in [6.07, 6.45) is 1.98. The van der Waals surface area contributed by atoms with Crippen molar-refractivity contribution in [3.8, 4) is 0 Å². The first kappa shape index (κ1) is 11.5. The number of benzene rings is 1. The van der Waals surface area contributed by atoms with Crippen molar-refractivity contribution in [2.24, 2.45) is 0 Å². The van der Waals surface area contributed by atoms with Crippen molar-refractivity contribution < 1.29 is 13.9 Å². The van der Waals surface area contributed by atoms with Crippen molar-refractivity contribution in [2.75, 3.05) is 13.2 Å². The van der Waals surface area contributed by atoms with E-state index in [9.17, 15) is 8.78 Å². The van der Waals surface area contributed by atoms with Crippen molar-refractivity contribution in [3.05, 3.63) is 35.4 Å². The molecule has 0 aromatic heterocycles. The molecule has 16 heavy (non-hydrogen) atoms. The molecule has 0 radical (unpaired) electrons.